The van der Waals surface area contributed by atoms with Gasteiger partial charge in [0.1, 0.15) is 11.5 Å². The van der Waals surface area contributed by atoms with Gasteiger partial charge in [0.25, 0.3) is 0 Å². The zero-order valence-electron chi connectivity index (χ0n) is 13.6. The molecule has 0 bridgehead atoms. The molecule has 0 radical (unpaired) electrons. The van der Waals surface area contributed by atoms with Gasteiger partial charge in [0, 0.05) is 23.1 Å². The predicted octanol–water partition coefficient (Wildman–Crippen LogP) is 3.72. The Morgan fingerprint density at radius 3 is 2.80 bits per heavy atom. The van der Waals surface area contributed by atoms with E-state index in [9.17, 15) is 9.90 Å². The van der Waals surface area contributed by atoms with Gasteiger partial charge in [-0.3, -0.25) is 4.79 Å². The molecule has 3 aromatic rings. The largest absolute Gasteiger partial charge is 0.394 e. The molecule has 0 unspecified atom stereocenters. The maximum absolute atomic E-state index is 12.2. The number of benzene rings is 1. The number of nitrogens with zero attached hydrogens (tertiary/aromatic N) is 2. The number of amides is 1. The molecule has 0 atom stereocenters. The van der Waals surface area contributed by atoms with Gasteiger partial charge in [0.15, 0.2) is 0 Å². The molecule has 5 nitrogen and oxygen atoms in total. The Bertz CT molecular complexity index is 801. The highest BCUT2D eigenvalue weighted by molar-refractivity contribution is 7.99. The van der Waals surface area contributed by atoms with Crippen LogP contribution in [-0.4, -0.2) is 33.2 Å². The summed E-state index contributed by atoms with van der Waals surface area (Å²) in [5, 5.41) is 18.6. The van der Waals surface area contributed by atoms with Crippen molar-refractivity contribution in [3.63, 3.8) is 0 Å². The SMILES string of the molecule is O=C(CCSc1ccccc1)Nc1cc(-c2cccs2)nn1CCO. The summed E-state index contributed by atoms with van der Waals surface area (Å²) in [5.74, 6) is 1.27. The van der Waals surface area contributed by atoms with Crippen LogP contribution in [0, 0.1) is 0 Å². The van der Waals surface area contributed by atoms with Crippen LogP contribution in [0.2, 0.25) is 0 Å². The Morgan fingerprint density at radius 2 is 2.08 bits per heavy atom. The molecule has 1 amide bonds. The van der Waals surface area contributed by atoms with Gasteiger partial charge in [-0.2, -0.15) is 5.10 Å². The third kappa shape index (κ3) is 4.94. The van der Waals surface area contributed by atoms with Crippen molar-refractivity contribution < 1.29 is 9.90 Å². The molecule has 2 aromatic heterocycles. The lowest BCUT2D eigenvalue weighted by Crippen LogP contribution is -2.17. The summed E-state index contributed by atoms with van der Waals surface area (Å²) in [6.07, 6.45) is 0.415. The van der Waals surface area contributed by atoms with Crippen LogP contribution in [0.3, 0.4) is 0 Å². The lowest BCUT2D eigenvalue weighted by atomic mass is 10.3. The second kappa shape index (κ2) is 8.84. The maximum atomic E-state index is 12.2. The molecule has 0 saturated carbocycles. The van der Waals surface area contributed by atoms with E-state index in [0.29, 0.717) is 24.5 Å². The fraction of sp³-hybridized carbons (Fsp3) is 0.222. The van der Waals surface area contributed by atoms with Crippen LogP contribution in [0.4, 0.5) is 5.82 Å². The summed E-state index contributed by atoms with van der Waals surface area (Å²) in [6.45, 7) is 0.318. The van der Waals surface area contributed by atoms with E-state index in [0.717, 1.165) is 15.5 Å². The number of carbonyl (C=O) groups excluding carboxylic acids is 1. The maximum Gasteiger partial charge on any atom is 0.226 e. The number of hydrogen-bond acceptors (Lipinski definition) is 5. The zero-order valence-corrected chi connectivity index (χ0v) is 15.2. The van der Waals surface area contributed by atoms with Crippen molar-refractivity contribution in [2.75, 3.05) is 17.7 Å². The number of aliphatic hydroxyl groups excluding tert-OH is 1. The van der Waals surface area contributed by atoms with E-state index in [4.69, 9.17) is 0 Å². The number of rotatable bonds is 8. The minimum Gasteiger partial charge on any atom is -0.394 e. The molecule has 130 valence electrons. The van der Waals surface area contributed by atoms with E-state index in [-0.39, 0.29) is 12.5 Å². The smallest absolute Gasteiger partial charge is 0.226 e. The van der Waals surface area contributed by atoms with Crippen molar-refractivity contribution in [3.8, 4) is 10.6 Å². The van der Waals surface area contributed by atoms with Crippen LogP contribution >= 0.6 is 23.1 Å². The van der Waals surface area contributed by atoms with Crippen LogP contribution in [-0.2, 0) is 11.3 Å². The quantitative estimate of drug-likeness (QED) is 0.591. The second-order valence-electron chi connectivity index (χ2n) is 5.30. The van der Waals surface area contributed by atoms with Gasteiger partial charge >= 0.3 is 0 Å². The third-order valence-corrected chi connectivity index (χ3v) is 5.38. The van der Waals surface area contributed by atoms with Crippen LogP contribution in [0.5, 0.6) is 0 Å². The Labute approximate surface area is 154 Å². The number of carbonyl (C=O) groups is 1. The van der Waals surface area contributed by atoms with E-state index >= 15 is 0 Å². The molecule has 0 saturated heterocycles. The molecule has 0 fully saturated rings. The average molecular weight is 374 g/mol. The molecule has 2 heterocycles. The molecule has 25 heavy (non-hydrogen) atoms. The molecular weight excluding hydrogens is 354 g/mol. The van der Waals surface area contributed by atoms with Crippen molar-refractivity contribution in [1.29, 1.82) is 0 Å². The summed E-state index contributed by atoms with van der Waals surface area (Å²) in [6, 6.07) is 15.8. The number of aromatic nitrogens is 2. The number of hydrogen-bond donors (Lipinski definition) is 2. The highest BCUT2D eigenvalue weighted by Crippen LogP contribution is 2.26. The van der Waals surface area contributed by atoms with Crippen LogP contribution < -0.4 is 5.32 Å². The average Bonchev–Trinajstić information content (AvgIpc) is 3.27. The first-order chi connectivity index (χ1) is 12.3. The fourth-order valence-corrected chi connectivity index (χ4v) is 3.87. The fourth-order valence-electron chi connectivity index (χ4n) is 2.31. The zero-order chi connectivity index (χ0) is 17.5. The highest BCUT2D eigenvalue weighted by Gasteiger charge is 2.12. The number of aliphatic hydroxyl groups is 1. The molecule has 0 aliphatic carbocycles. The minimum absolute atomic E-state index is 0.0295. The Kier molecular flexibility index (Phi) is 6.27. The molecule has 0 spiro atoms. The Hall–Kier alpha value is -2.09. The number of nitrogens with one attached hydrogen (secondary N) is 1. The first-order valence-corrected chi connectivity index (χ1v) is 9.83. The summed E-state index contributed by atoms with van der Waals surface area (Å²) < 4.78 is 1.64. The summed E-state index contributed by atoms with van der Waals surface area (Å²) in [4.78, 5) is 14.4. The molecule has 3 rings (SSSR count). The summed E-state index contributed by atoms with van der Waals surface area (Å²) in [7, 11) is 0. The molecule has 0 aliphatic heterocycles. The standard InChI is InChI=1S/C18H19N3O2S2/c22-10-9-21-17(13-15(20-21)16-7-4-11-25-16)19-18(23)8-12-24-14-5-2-1-3-6-14/h1-7,11,13,22H,8-10,12H2,(H,19,23). The van der Waals surface area contributed by atoms with Crippen LogP contribution in [0.1, 0.15) is 6.42 Å². The normalized spacial score (nSPS) is 10.8. The summed E-state index contributed by atoms with van der Waals surface area (Å²) in [5.41, 5.74) is 0.803. The van der Waals surface area contributed by atoms with Crippen LogP contribution in [0.15, 0.2) is 58.8 Å². The Morgan fingerprint density at radius 1 is 1.24 bits per heavy atom. The topological polar surface area (TPSA) is 67.2 Å². The van der Waals surface area contributed by atoms with Crippen molar-refractivity contribution >= 4 is 34.8 Å². The van der Waals surface area contributed by atoms with E-state index in [1.54, 1.807) is 27.8 Å². The van der Waals surface area contributed by atoms with E-state index < -0.39 is 0 Å². The predicted molar refractivity (Wildman–Crippen MR) is 103 cm³/mol. The van der Waals surface area contributed by atoms with Crippen molar-refractivity contribution in [2.45, 2.75) is 17.9 Å². The molecular formula is C18H19N3O2S2. The highest BCUT2D eigenvalue weighted by atomic mass is 32.2. The minimum atomic E-state index is -0.0553. The number of thiophene rings is 1. The molecule has 1 aromatic carbocycles. The molecule has 0 aliphatic rings. The first-order valence-electron chi connectivity index (χ1n) is 7.96. The van der Waals surface area contributed by atoms with Gasteiger partial charge in [-0.1, -0.05) is 24.3 Å². The van der Waals surface area contributed by atoms with Crippen molar-refractivity contribution in [2.24, 2.45) is 0 Å². The van der Waals surface area contributed by atoms with Crippen molar-refractivity contribution in [3.05, 3.63) is 53.9 Å². The van der Waals surface area contributed by atoms with Gasteiger partial charge in [-0.05, 0) is 23.6 Å². The van der Waals surface area contributed by atoms with E-state index in [1.165, 1.54) is 0 Å². The molecule has 7 heteroatoms. The van der Waals surface area contributed by atoms with E-state index in [2.05, 4.69) is 10.4 Å². The summed E-state index contributed by atoms with van der Waals surface area (Å²) >= 11 is 3.25. The van der Waals surface area contributed by atoms with Crippen molar-refractivity contribution in [1.82, 2.24) is 9.78 Å². The number of anilines is 1. The lowest BCUT2D eigenvalue weighted by molar-refractivity contribution is -0.115. The van der Waals surface area contributed by atoms with E-state index in [1.807, 2.05) is 53.9 Å². The van der Waals surface area contributed by atoms with Gasteiger partial charge in [0.2, 0.25) is 5.91 Å². The number of thioether (sulfide) groups is 1. The Balaban J connectivity index is 1.60. The van der Waals surface area contributed by atoms with Gasteiger partial charge in [0.05, 0.1) is 18.0 Å². The monoisotopic (exact) mass is 373 g/mol. The first kappa shape index (κ1) is 17.7. The second-order valence-corrected chi connectivity index (χ2v) is 7.41. The van der Waals surface area contributed by atoms with Gasteiger partial charge < -0.3 is 10.4 Å². The van der Waals surface area contributed by atoms with Gasteiger partial charge in [-0.15, -0.1) is 23.1 Å². The lowest BCUT2D eigenvalue weighted by Gasteiger charge is -2.07. The third-order valence-electron chi connectivity index (χ3n) is 3.47. The van der Waals surface area contributed by atoms with Crippen LogP contribution in [0.25, 0.3) is 10.6 Å². The molecule has 2 N–H and O–H groups in total. The van der Waals surface area contributed by atoms with Gasteiger partial charge in [-0.25, -0.2) is 4.68 Å².